The van der Waals surface area contributed by atoms with Crippen LogP contribution in [-0.2, 0) is 10.5 Å². The second-order valence-corrected chi connectivity index (χ2v) is 6.86. The molecule has 0 fully saturated rings. The van der Waals surface area contributed by atoms with Crippen molar-refractivity contribution in [3.05, 3.63) is 68.9 Å². The Morgan fingerprint density at radius 3 is 2.87 bits per heavy atom. The maximum atomic E-state index is 13.5. The Hall–Kier alpha value is -1.37. The Labute approximate surface area is 151 Å². The van der Waals surface area contributed by atoms with E-state index >= 15 is 0 Å². The number of nitrogens with zero attached hydrogens (tertiary/aromatic N) is 1. The van der Waals surface area contributed by atoms with Crippen LogP contribution in [-0.4, -0.2) is 17.9 Å². The fourth-order valence-electron chi connectivity index (χ4n) is 1.72. The molecule has 2 aromatic carbocycles. The fraction of sp³-hybridized carbons (Fsp3) is 0.125. The van der Waals surface area contributed by atoms with Gasteiger partial charge in [0.05, 0.1) is 17.0 Å². The molecule has 0 unspecified atom stereocenters. The highest BCUT2D eigenvalue weighted by molar-refractivity contribution is 9.10. The van der Waals surface area contributed by atoms with Crippen molar-refractivity contribution in [2.75, 3.05) is 5.75 Å². The van der Waals surface area contributed by atoms with Crippen molar-refractivity contribution >= 4 is 51.4 Å². The number of rotatable bonds is 6. The third-order valence-electron chi connectivity index (χ3n) is 2.77. The van der Waals surface area contributed by atoms with Crippen LogP contribution in [0.15, 0.2) is 52.0 Å². The minimum atomic E-state index is -0.487. The van der Waals surface area contributed by atoms with Gasteiger partial charge in [-0.3, -0.25) is 4.79 Å². The molecular formula is C16H13BrClFN2OS. The van der Waals surface area contributed by atoms with Crippen LogP contribution in [0.5, 0.6) is 0 Å². The van der Waals surface area contributed by atoms with Crippen molar-refractivity contribution in [3.8, 4) is 0 Å². The highest BCUT2D eigenvalue weighted by Gasteiger charge is 2.04. The standard InChI is InChI=1S/C16H13BrClFN2OS/c17-12-4-1-3-11(7-12)9-23-10-16(22)21-20-8-13-14(18)5-2-6-15(13)19/h1-8H,9-10H2,(H,21,22)/b20-8+. The number of hydrogen-bond acceptors (Lipinski definition) is 3. The van der Waals surface area contributed by atoms with Gasteiger partial charge in [-0.1, -0.05) is 45.7 Å². The van der Waals surface area contributed by atoms with Gasteiger partial charge in [0.15, 0.2) is 0 Å². The highest BCUT2D eigenvalue weighted by atomic mass is 79.9. The van der Waals surface area contributed by atoms with Crippen molar-refractivity contribution < 1.29 is 9.18 Å². The van der Waals surface area contributed by atoms with Gasteiger partial charge in [-0.15, -0.1) is 11.8 Å². The second-order valence-electron chi connectivity index (χ2n) is 4.55. The lowest BCUT2D eigenvalue weighted by atomic mass is 10.2. The summed E-state index contributed by atoms with van der Waals surface area (Å²) in [6.45, 7) is 0. The Balaban J connectivity index is 1.78. The van der Waals surface area contributed by atoms with Gasteiger partial charge >= 0.3 is 0 Å². The zero-order valence-electron chi connectivity index (χ0n) is 11.9. The molecule has 0 saturated heterocycles. The minimum absolute atomic E-state index is 0.149. The predicted octanol–water partition coefficient (Wildman–Crippen LogP) is 4.63. The number of carbonyl (C=O) groups is 1. The Morgan fingerprint density at radius 1 is 1.35 bits per heavy atom. The molecule has 1 N–H and O–H groups in total. The zero-order valence-corrected chi connectivity index (χ0v) is 15.1. The van der Waals surface area contributed by atoms with E-state index in [0.29, 0.717) is 0 Å². The van der Waals surface area contributed by atoms with Gasteiger partial charge in [0, 0.05) is 15.8 Å². The van der Waals surface area contributed by atoms with Crippen LogP contribution in [0, 0.1) is 5.82 Å². The van der Waals surface area contributed by atoms with Gasteiger partial charge in [0.1, 0.15) is 5.82 Å². The second kappa shape index (κ2) is 9.05. The summed E-state index contributed by atoms with van der Waals surface area (Å²) in [6, 6.07) is 12.2. The van der Waals surface area contributed by atoms with Gasteiger partial charge in [-0.05, 0) is 29.8 Å². The molecule has 120 valence electrons. The molecule has 2 rings (SSSR count). The van der Waals surface area contributed by atoms with Crippen molar-refractivity contribution in [2.24, 2.45) is 5.10 Å². The van der Waals surface area contributed by atoms with E-state index in [4.69, 9.17) is 11.6 Å². The third kappa shape index (κ3) is 5.97. The number of carbonyl (C=O) groups excluding carboxylic acids is 1. The number of amides is 1. The average Bonchev–Trinajstić information content (AvgIpc) is 2.50. The van der Waals surface area contributed by atoms with Crippen LogP contribution in [0.3, 0.4) is 0 Å². The van der Waals surface area contributed by atoms with E-state index in [1.165, 1.54) is 30.1 Å². The molecule has 0 atom stereocenters. The number of nitrogens with one attached hydrogen (secondary N) is 1. The number of benzene rings is 2. The van der Waals surface area contributed by atoms with Crippen molar-refractivity contribution in [1.29, 1.82) is 0 Å². The summed E-state index contributed by atoms with van der Waals surface area (Å²) in [6.07, 6.45) is 1.20. The van der Waals surface area contributed by atoms with E-state index in [9.17, 15) is 9.18 Å². The first-order valence-corrected chi connectivity index (χ1v) is 8.97. The first-order chi connectivity index (χ1) is 11.1. The van der Waals surface area contributed by atoms with Crippen LogP contribution in [0.4, 0.5) is 4.39 Å². The molecule has 0 aromatic heterocycles. The number of thioether (sulfide) groups is 1. The van der Waals surface area contributed by atoms with Crippen LogP contribution in [0.1, 0.15) is 11.1 Å². The molecule has 3 nitrogen and oxygen atoms in total. The molecule has 2 aromatic rings. The summed E-state index contributed by atoms with van der Waals surface area (Å²) in [5.74, 6) is 0.234. The summed E-state index contributed by atoms with van der Waals surface area (Å²) in [5, 5.41) is 3.98. The van der Waals surface area contributed by atoms with E-state index in [1.54, 1.807) is 6.07 Å². The van der Waals surface area contributed by atoms with Crippen molar-refractivity contribution in [1.82, 2.24) is 5.43 Å². The molecule has 0 heterocycles. The van der Waals surface area contributed by atoms with E-state index in [0.717, 1.165) is 15.8 Å². The molecule has 0 aliphatic carbocycles. The van der Waals surface area contributed by atoms with Gasteiger partial charge in [0.25, 0.3) is 0 Å². The summed E-state index contributed by atoms with van der Waals surface area (Å²) in [7, 11) is 0. The SMILES string of the molecule is O=C(CSCc1cccc(Br)c1)N/N=C/c1c(F)cccc1Cl. The highest BCUT2D eigenvalue weighted by Crippen LogP contribution is 2.17. The van der Waals surface area contributed by atoms with E-state index in [2.05, 4.69) is 26.5 Å². The van der Waals surface area contributed by atoms with E-state index < -0.39 is 5.82 Å². The monoisotopic (exact) mass is 414 g/mol. The maximum absolute atomic E-state index is 13.5. The number of halogens is 3. The lowest BCUT2D eigenvalue weighted by Gasteiger charge is -2.02. The van der Waals surface area contributed by atoms with E-state index in [1.807, 2.05) is 24.3 Å². The van der Waals surface area contributed by atoms with Gasteiger partial charge in [-0.25, -0.2) is 9.82 Å². The Bertz CT molecular complexity index is 707. The van der Waals surface area contributed by atoms with Crippen molar-refractivity contribution in [2.45, 2.75) is 5.75 Å². The predicted molar refractivity (Wildman–Crippen MR) is 97.5 cm³/mol. The maximum Gasteiger partial charge on any atom is 0.250 e. The molecule has 0 aliphatic rings. The van der Waals surface area contributed by atoms with Crippen LogP contribution in [0.2, 0.25) is 5.02 Å². The summed E-state index contributed by atoms with van der Waals surface area (Å²) in [4.78, 5) is 11.7. The number of hydrogen-bond donors (Lipinski definition) is 1. The normalized spacial score (nSPS) is 10.9. The molecule has 0 bridgehead atoms. The lowest BCUT2D eigenvalue weighted by Crippen LogP contribution is -2.19. The minimum Gasteiger partial charge on any atom is -0.272 e. The summed E-state index contributed by atoms with van der Waals surface area (Å²) >= 11 is 10.7. The summed E-state index contributed by atoms with van der Waals surface area (Å²) < 4.78 is 14.5. The van der Waals surface area contributed by atoms with Gasteiger partial charge < -0.3 is 0 Å². The smallest absolute Gasteiger partial charge is 0.250 e. The van der Waals surface area contributed by atoms with Gasteiger partial charge in [-0.2, -0.15) is 5.10 Å². The van der Waals surface area contributed by atoms with Crippen molar-refractivity contribution in [3.63, 3.8) is 0 Å². The molecule has 0 radical (unpaired) electrons. The first kappa shape index (κ1) is 18.0. The number of hydrazone groups is 1. The molecular weight excluding hydrogens is 403 g/mol. The molecule has 0 aliphatic heterocycles. The average molecular weight is 416 g/mol. The Morgan fingerprint density at radius 2 is 2.13 bits per heavy atom. The molecule has 0 spiro atoms. The lowest BCUT2D eigenvalue weighted by molar-refractivity contribution is -0.118. The van der Waals surface area contributed by atoms with Crippen LogP contribution in [0.25, 0.3) is 0 Å². The van der Waals surface area contributed by atoms with Crippen LogP contribution < -0.4 is 5.43 Å². The molecule has 1 amide bonds. The topological polar surface area (TPSA) is 41.5 Å². The van der Waals surface area contributed by atoms with E-state index in [-0.39, 0.29) is 22.2 Å². The fourth-order valence-corrected chi connectivity index (χ4v) is 3.15. The molecule has 7 heteroatoms. The summed E-state index contributed by atoms with van der Waals surface area (Å²) in [5.41, 5.74) is 3.63. The quantitative estimate of drug-likeness (QED) is 0.552. The molecule has 0 saturated carbocycles. The Kier molecular flexibility index (Phi) is 7.08. The third-order valence-corrected chi connectivity index (χ3v) is 4.60. The largest absolute Gasteiger partial charge is 0.272 e. The van der Waals surface area contributed by atoms with Crippen LogP contribution >= 0.6 is 39.3 Å². The zero-order chi connectivity index (χ0) is 16.7. The van der Waals surface area contributed by atoms with Gasteiger partial charge in [0.2, 0.25) is 5.91 Å². The first-order valence-electron chi connectivity index (χ1n) is 6.64. The molecule has 23 heavy (non-hydrogen) atoms.